The van der Waals surface area contributed by atoms with Crippen LogP contribution in [-0.2, 0) is 4.79 Å². The second-order valence-electron chi connectivity index (χ2n) is 5.20. The highest BCUT2D eigenvalue weighted by molar-refractivity contribution is 6.31. The van der Waals surface area contributed by atoms with Crippen molar-refractivity contribution in [3.8, 4) is 5.75 Å². The molecule has 2 aromatic rings. The Hall–Kier alpha value is -2.04. The van der Waals surface area contributed by atoms with Crippen LogP contribution in [0.5, 0.6) is 5.75 Å². The summed E-state index contributed by atoms with van der Waals surface area (Å²) in [5, 5.41) is 10.6. The number of halogens is 1. The number of hydrogen-bond donors (Lipinski definition) is 1. The summed E-state index contributed by atoms with van der Waals surface area (Å²) in [6, 6.07) is 14.3. The van der Waals surface area contributed by atoms with Crippen molar-refractivity contribution in [2.24, 2.45) is 0 Å². The molecule has 2 aromatic carbocycles. The summed E-state index contributed by atoms with van der Waals surface area (Å²) in [4.78, 5) is 14.0. The number of aliphatic hydroxyl groups excluding tert-OH is 1. The fourth-order valence-electron chi connectivity index (χ4n) is 2.79. The fourth-order valence-corrected chi connectivity index (χ4v) is 3.05. The molecule has 1 saturated heterocycles. The quantitative estimate of drug-likeness (QED) is 0.946. The minimum absolute atomic E-state index is 0.274. The number of rotatable bonds is 3. The lowest BCUT2D eigenvalue weighted by Gasteiger charge is -2.25. The summed E-state index contributed by atoms with van der Waals surface area (Å²) in [5.41, 5.74) is 1.55. The highest BCUT2D eigenvalue weighted by Crippen LogP contribution is 2.40. The Kier molecular flexibility index (Phi) is 4.05. The van der Waals surface area contributed by atoms with Crippen molar-refractivity contribution in [1.82, 2.24) is 0 Å². The van der Waals surface area contributed by atoms with Gasteiger partial charge in [0.1, 0.15) is 11.9 Å². The molecule has 1 N–H and O–H groups in total. The first-order valence-electron chi connectivity index (χ1n) is 7.01. The van der Waals surface area contributed by atoms with Crippen molar-refractivity contribution in [3.05, 3.63) is 59.1 Å². The maximum absolute atomic E-state index is 12.4. The van der Waals surface area contributed by atoms with Gasteiger partial charge < -0.3 is 14.7 Å². The lowest BCUT2D eigenvalue weighted by atomic mass is 10.0. The maximum Gasteiger partial charge on any atom is 0.256 e. The Morgan fingerprint density at radius 2 is 1.86 bits per heavy atom. The number of ether oxygens (including phenoxy) is 1. The second kappa shape index (κ2) is 5.99. The van der Waals surface area contributed by atoms with E-state index in [1.165, 1.54) is 0 Å². The predicted molar refractivity (Wildman–Crippen MR) is 85.3 cm³/mol. The normalized spacial score (nSPS) is 21.2. The van der Waals surface area contributed by atoms with Gasteiger partial charge in [-0.25, -0.2) is 0 Å². The van der Waals surface area contributed by atoms with E-state index >= 15 is 0 Å². The van der Waals surface area contributed by atoms with E-state index in [4.69, 9.17) is 16.3 Å². The minimum Gasteiger partial charge on any atom is -0.497 e. The van der Waals surface area contributed by atoms with Crippen LogP contribution in [0.2, 0.25) is 5.02 Å². The Morgan fingerprint density at radius 3 is 2.50 bits per heavy atom. The van der Waals surface area contributed by atoms with Crippen LogP contribution >= 0.6 is 11.6 Å². The van der Waals surface area contributed by atoms with Gasteiger partial charge in [-0.05, 0) is 35.9 Å². The highest BCUT2D eigenvalue weighted by Gasteiger charge is 2.40. The molecule has 2 atom stereocenters. The SMILES string of the molecule is COc1ccc(N2C(=O)[C@H](O)C[C@H]2c2ccccc2Cl)cc1. The first-order chi connectivity index (χ1) is 10.6. The number of anilines is 1. The van der Waals surface area contributed by atoms with Crippen molar-refractivity contribution in [1.29, 1.82) is 0 Å². The van der Waals surface area contributed by atoms with Crippen molar-refractivity contribution >= 4 is 23.2 Å². The molecule has 1 heterocycles. The molecule has 4 nitrogen and oxygen atoms in total. The summed E-state index contributed by atoms with van der Waals surface area (Å²) < 4.78 is 5.14. The van der Waals surface area contributed by atoms with Crippen molar-refractivity contribution in [3.63, 3.8) is 0 Å². The Balaban J connectivity index is 2.01. The molecule has 0 spiro atoms. The largest absolute Gasteiger partial charge is 0.497 e. The van der Waals surface area contributed by atoms with Crippen LogP contribution in [-0.4, -0.2) is 24.2 Å². The van der Waals surface area contributed by atoms with E-state index in [9.17, 15) is 9.90 Å². The number of benzene rings is 2. The number of carbonyl (C=O) groups is 1. The first-order valence-corrected chi connectivity index (χ1v) is 7.39. The van der Waals surface area contributed by atoms with Gasteiger partial charge in [-0.1, -0.05) is 29.8 Å². The van der Waals surface area contributed by atoms with Gasteiger partial charge >= 0.3 is 0 Å². The maximum atomic E-state index is 12.4. The molecule has 1 amide bonds. The molecule has 1 fully saturated rings. The molecule has 5 heteroatoms. The number of carbonyl (C=O) groups excluding carboxylic acids is 1. The molecule has 114 valence electrons. The summed E-state index contributed by atoms with van der Waals surface area (Å²) in [7, 11) is 1.59. The van der Waals surface area contributed by atoms with Crippen LogP contribution in [0.3, 0.4) is 0 Å². The van der Waals surface area contributed by atoms with Gasteiger partial charge in [0.15, 0.2) is 0 Å². The minimum atomic E-state index is -1.01. The molecule has 0 saturated carbocycles. The van der Waals surface area contributed by atoms with E-state index in [0.29, 0.717) is 22.9 Å². The summed E-state index contributed by atoms with van der Waals surface area (Å²) in [5.74, 6) is 0.403. The van der Waals surface area contributed by atoms with E-state index in [1.54, 1.807) is 42.3 Å². The second-order valence-corrected chi connectivity index (χ2v) is 5.60. The summed E-state index contributed by atoms with van der Waals surface area (Å²) in [6.07, 6.45) is -0.683. The van der Waals surface area contributed by atoms with Gasteiger partial charge in [-0.2, -0.15) is 0 Å². The number of nitrogens with zero attached hydrogens (tertiary/aromatic N) is 1. The molecular formula is C17H16ClNO3. The van der Waals surface area contributed by atoms with E-state index in [1.807, 2.05) is 18.2 Å². The molecule has 1 aliphatic rings. The molecule has 22 heavy (non-hydrogen) atoms. The Labute approximate surface area is 133 Å². The third-order valence-electron chi connectivity index (χ3n) is 3.90. The number of amides is 1. The average molecular weight is 318 g/mol. The molecule has 0 radical (unpaired) electrons. The smallest absolute Gasteiger partial charge is 0.256 e. The van der Waals surface area contributed by atoms with E-state index < -0.39 is 6.10 Å². The van der Waals surface area contributed by atoms with Gasteiger partial charge in [0.2, 0.25) is 0 Å². The Morgan fingerprint density at radius 1 is 1.18 bits per heavy atom. The van der Waals surface area contributed by atoms with Crippen molar-refractivity contribution < 1.29 is 14.6 Å². The topological polar surface area (TPSA) is 49.8 Å². The fraction of sp³-hybridized carbons (Fsp3) is 0.235. The third kappa shape index (κ3) is 2.56. The molecule has 0 aromatic heterocycles. The molecule has 0 bridgehead atoms. The number of aliphatic hydroxyl groups is 1. The van der Waals surface area contributed by atoms with Gasteiger partial charge in [-0.3, -0.25) is 4.79 Å². The lowest BCUT2D eigenvalue weighted by molar-refractivity contribution is -0.124. The molecule has 0 aliphatic carbocycles. The zero-order valence-corrected chi connectivity index (χ0v) is 12.8. The van der Waals surface area contributed by atoms with E-state index in [2.05, 4.69) is 0 Å². The standard InChI is InChI=1S/C17H16ClNO3/c1-22-12-8-6-11(7-9-12)19-15(10-16(20)17(19)21)13-4-2-3-5-14(13)18/h2-9,15-16,20H,10H2,1H3/t15-,16+/m0/s1. The Bertz CT molecular complexity index is 687. The summed E-state index contributed by atoms with van der Waals surface area (Å²) >= 11 is 6.26. The van der Waals surface area contributed by atoms with Crippen LogP contribution in [0.15, 0.2) is 48.5 Å². The number of methoxy groups -OCH3 is 1. The molecule has 3 rings (SSSR count). The zero-order chi connectivity index (χ0) is 15.7. The third-order valence-corrected chi connectivity index (χ3v) is 4.24. The van der Waals surface area contributed by atoms with Gasteiger partial charge in [0.05, 0.1) is 13.2 Å². The van der Waals surface area contributed by atoms with E-state index in [0.717, 1.165) is 5.56 Å². The van der Waals surface area contributed by atoms with Gasteiger partial charge in [-0.15, -0.1) is 0 Å². The first kappa shape index (κ1) is 14.9. The monoisotopic (exact) mass is 317 g/mol. The van der Waals surface area contributed by atoms with Crippen LogP contribution in [0.1, 0.15) is 18.0 Å². The highest BCUT2D eigenvalue weighted by atomic mass is 35.5. The van der Waals surface area contributed by atoms with Crippen molar-refractivity contribution in [2.45, 2.75) is 18.6 Å². The number of hydrogen-bond acceptors (Lipinski definition) is 3. The van der Waals surface area contributed by atoms with Crippen LogP contribution in [0, 0.1) is 0 Å². The predicted octanol–water partition coefficient (Wildman–Crippen LogP) is 3.19. The molecular weight excluding hydrogens is 302 g/mol. The summed E-state index contributed by atoms with van der Waals surface area (Å²) in [6.45, 7) is 0. The average Bonchev–Trinajstić information content (AvgIpc) is 2.83. The molecule has 1 aliphatic heterocycles. The van der Waals surface area contributed by atoms with Crippen LogP contribution in [0.25, 0.3) is 0 Å². The van der Waals surface area contributed by atoms with Gasteiger partial charge in [0.25, 0.3) is 5.91 Å². The van der Waals surface area contributed by atoms with Crippen LogP contribution in [0.4, 0.5) is 5.69 Å². The van der Waals surface area contributed by atoms with Crippen LogP contribution < -0.4 is 9.64 Å². The van der Waals surface area contributed by atoms with Crippen molar-refractivity contribution in [2.75, 3.05) is 12.0 Å². The molecule has 0 unspecified atom stereocenters. The lowest BCUT2D eigenvalue weighted by Crippen LogP contribution is -2.30. The zero-order valence-electron chi connectivity index (χ0n) is 12.1. The van der Waals surface area contributed by atoms with E-state index in [-0.39, 0.29) is 11.9 Å². The van der Waals surface area contributed by atoms with Gasteiger partial charge in [0, 0.05) is 17.1 Å².